The molecule has 1 aliphatic heterocycles. The van der Waals surface area contributed by atoms with Crippen molar-refractivity contribution < 1.29 is 13.5 Å². The number of nitrogens with zero attached hydrogens (tertiary/aromatic N) is 2. The van der Waals surface area contributed by atoms with Crippen molar-refractivity contribution in [3.63, 3.8) is 0 Å². The third-order valence-electron chi connectivity index (χ3n) is 3.25. The van der Waals surface area contributed by atoms with E-state index in [0.717, 1.165) is 18.7 Å². The number of hydrogen-bond acceptors (Lipinski definition) is 2. The second kappa shape index (κ2) is 5.07. The molecular weight excluding hydrogens is 262 g/mol. The van der Waals surface area contributed by atoms with Crippen molar-refractivity contribution in [3.8, 4) is 0 Å². The van der Waals surface area contributed by atoms with E-state index in [9.17, 15) is 8.78 Å². The molecule has 5 heteroatoms. The largest absolute Gasteiger partial charge is 0.485 e. The summed E-state index contributed by atoms with van der Waals surface area (Å²) in [5.74, 6) is 0.0966. The molecule has 0 atom stereocenters. The lowest BCUT2D eigenvalue weighted by molar-refractivity contribution is 0.246. The Morgan fingerprint density at radius 2 is 2.05 bits per heavy atom. The maximum absolute atomic E-state index is 13.5. The standard InChI is InChI=1S/C15H14F2N2O/c1-10-8-19-7-3-6-14(15(19)18-10)20-9-11-12(16)4-2-5-13(11)17/h2,4-6,8H,3,7,9H2,1H3. The Balaban J connectivity index is 1.81. The van der Waals surface area contributed by atoms with Crippen LogP contribution in [0.1, 0.15) is 23.5 Å². The van der Waals surface area contributed by atoms with Gasteiger partial charge in [0.25, 0.3) is 0 Å². The van der Waals surface area contributed by atoms with Crippen molar-refractivity contribution in [1.29, 1.82) is 0 Å². The van der Waals surface area contributed by atoms with E-state index >= 15 is 0 Å². The van der Waals surface area contributed by atoms with Crippen LogP contribution >= 0.6 is 0 Å². The highest BCUT2D eigenvalue weighted by atomic mass is 19.1. The highest BCUT2D eigenvalue weighted by Crippen LogP contribution is 2.24. The molecule has 2 heterocycles. The van der Waals surface area contributed by atoms with Crippen molar-refractivity contribution in [3.05, 3.63) is 59.2 Å². The fourth-order valence-corrected chi connectivity index (χ4v) is 2.28. The number of imidazole rings is 1. The molecule has 0 saturated carbocycles. The van der Waals surface area contributed by atoms with Gasteiger partial charge in [-0.15, -0.1) is 0 Å². The van der Waals surface area contributed by atoms with E-state index in [1.807, 2.05) is 23.8 Å². The first-order chi connectivity index (χ1) is 9.65. The number of ether oxygens (including phenoxy) is 1. The number of aryl methyl sites for hydroxylation is 2. The minimum atomic E-state index is -0.596. The highest BCUT2D eigenvalue weighted by Gasteiger charge is 2.17. The summed E-state index contributed by atoms with van der Waals surface area (Å²) in [6.45, 7) is 2.60. The molecule has 1 aromatic carbocycles. The Kier molecular flexibility index (Phi) is 3.26. The van der Waals surface area contributed by atoms with Crippen molar-refractivity contribution >= 4 is 5.76 Å². The van der Waals surface area contributed by atoms with Gasteiger partial charge in [-0.05, 0) is 31.6 Å². The number of halogens is 2. The molecule has 2 aromatic rings. The summed E-state index contributed by atoms with van der Waals surface area (Å²) < 4.78 is 34.6. The SMILES string of the molecule is Cc1cn2c(n1)C(OCc1c(F)cccc1F)=CCC2. The topological polar surface area (TPSA) is 27.1 Å². The number of hydrogen-bond donors (Lipinski definition) is 0. The minimum Gasteiger partial charge on any atom is -0.485 e. The summed E-state index contributed by atoms with van der Waals surface area (Å²) in [4.78, 5) is 4.37. The average molecular weight is 276 g/mol. The van der Waals surface area contributed by atoms with Gasteiger partial charge in [-0.3, -0.25) is 0 Å². The van der Waals surface area contributed by atoms with Gasteiger partial charge in [0.2, 0.25) is 0 Å². The first kappa shape index (κ1) is 12.8. The van der Waals surface area contributed by atoms with Crippen molar-refractivity contribution in [2.24, 2.45) is 0 Å². The summed E-state index contributed by atoms with van der Waals surface area (Å²) in [6, 6.07) is 3.79. The molecule has 0 unspecified atom stereocenters. The molecule has 1 aromatic heterocycles. The van der Waals surface area contributed by atoms with E-state index in [4.69, 9.17) is 4.74 Å². The molecule has 0 fully saturated rings. The molecule has 0 bridgehead atoms. The summed E-state index contributed by atoms with van der Waals surface area (Å²) in [7, 11) is 0. The Bertz CT molecular complexity index is 656. The Morgan fingerprint density at radius 1 is 1.30 bits per heavy atom. The third-order valence-corrected chi connectivity index (χ3v) is 3.25. The number of allylic oxidation sites excluding steroid dienone is 1. The zero-order valence-electron chi connectivity index (χ0n) is 11.1. The van der Waals surface area contributed by atoms with Crippen LogP contribution in [-0.2, 0) is 17.9 Å². The van der Waals surface area contributed by atoms with Gasteiger partial charge in [-0.2, -0.15) is 0 Å². The molecule has 0 saturated heterocycles. The Morgan fingerprint density at radius 3 is 2.80 bits per heavy atom. The first-order valence-electron chi connectivity index (χ1n) is 6.45. The normalized spacial score (nSPS) is 13.8. The van der Waals surface area contributed by atoms with Gasteiger partial charge >= 0.3 is 0 Å². The lowest BCUT2D eigenvalue weighted by Gasteiger charge is -2.16. The maximum atomic E-state index is 13.5. The number of aromatic nitrogens is 2. The first-order valence-corrected chi connectivity index (χ1v) is 6.45. The lowest BCUT2D eigenvalue weighted by Crippen LogP contribution is -2.10. The smallest absolute Gasteiger partial charge is 0.175 e. The molecule has 3 nitrogen and oxygen atoms in total. The van der Waals surface area contributed by atoms with Crippen LogP contribution in [-0.4, -0.2) is 9.55 Å². The van der Waals surface area contributed by atoms with Crippen molar-refractivity contribution in [1.82, 2.24) is 9.55 Å². The predicted molar refractivity (Wildman–Crippen MR) is 70.7 cm³/mol. The molecule has 3 rings (SSSR count). The summed E-state index contributed by atoms with van der Waals surface area (Å²) in [5.41, 5.74) is 0.835. The summed E-state index contributed by atoms with van der Waals surface area (Å²) in [5, 5.41) is 0. The number of benzene rings is 1. The van der Waals surface area contributed by atoms with E-state index in [2.05, 4.69) is 4.98 Å². The van der Waals surface area contributed by atoms with E-state index in [1.54, 1.807) is 0 Å². The van der Waals surface area contributed by atoms with Crippen LogP contribution in [0, 0.1) is 18.6 Å². The summed E-state index contributed by atoms with van der Waals surface area (Å²) in [6.07, 6.45) is 4.66. The fourth-order valence-electron chi connectivity index (χ4n) is 2.28. The van der Waals surface area contributed by atoms with E-state index in [0.29, 0.717) is 11.6 Å². The van der Waals surface area contributed by atoms with Crippen LogP contribution in [0.2, 0.25) is 0 Å². The van der Waals surface area contributed by atoms with E-state index in [1.165, 1.54) is 18.2 Å². The van der Waals surface area contributed by atoms with Gasteiger partial charge in [0.1, 0.15) is 18.2 Å². The van der Waals surface area contributed by atoms with Crippen LogP contribution in [0.15, 0.2) is 30.5 Å². The van der Waals surface area contributed by atoms with Crippen molar-refractivity contribution in [2.75, 3.05) is 0 Å². The second-order valence-electron chi connectivity index (χ2n) is 4.75. The van der Waals surface area contributed by atoms with Crippen LogP contribution in [0.25, 0.3) is 5.76 Å². The van der Waals surface area contributed by atoms with Gasteiger partial charge in [-0.1, -0.05) is 6.07 Å². The van der Waals surface area contributed by atoms with Gasteiger partial charge < -0.3 is 9.30 Å². The third kappa shape index (κ3) is 2.31. The van der Waals surface area contributed by atoms with Gasteiger partial charge in [0.05, 0.1) is 11.3 Å². The molecule has 0 N–H and O–H groups in total. The maximum Gasteiger partial charge on any atom is 0.175 e. The van der Waals surface area contributed by atoms with Crippen LogP contribution in [0.5, 0.6) is 0 Å². The number of rotatable bonds is 3. The molecule has 104 valence electrons. The van der Waals surface area contributed by atoms with Gasteiger partial charge in [0, 0.05) is 12.7 Å². The molecule has 0 aliphatic carbocycles. The fraction of sp³-hybridized carbons (Fsp3) is 0.267. The molecule has 1 aliphatic rings. The second-order valence-corrected chi connectivity index (χ2v) is 4.75. The molecule has 0 amide bonds. The minimum absolute atomic E-state index is 0.0613. The van der Waals surface area contributed by atoms with Crippen LogP contribution in [0.3, 0.4) is 0 Å². The highest BCUT2D eigenvalue weighted by molar-refractivity contribution is 5.55. The Labute approximate surface area is 115 Å². The quantitative estimate of drug-likeness (QED) is 0.858. The molecule has 0 spiro atoms. The molecule has 20 heavy (non-hydrogen) atoms. The predicted octanol–water partition coefficient (Wildman–Crippen LogP) is 3.43. The van der Waals surface area contributed by atoms with Crippen molar-refractivity contribution in [2.45, 2.75) is 26.5 Å². The lowest BCUT2D eigenvalue weighted by atomic mass is 10.2. The van der Waals surface area contributed by atoms with Gasteiger partial charge in [-0.25, -0.2) is 13.8 Å². The van der Waals surface area contributed by atoms with E-state index in [-0.39, 0.29) is 12.2 Å². The van der Waals surface area contributed by atoms with Crippen LogP contribution < -0.4 is 0 Å². The average Bonchev–Trinajstić information content (AvgIpc) is 2.79. The van der Waals surface area contributed by atoms with Crippen LogP contribution in [0.4, 0.5) is 8.78 Å². The number of fused-ring (bicyclic) bond motifs is 1. The van der Waals surface area contributed by atoms with Gasteiger partial charge in [0.15, 0.2) is 11.6 Å². The molecule has 0 radical (unpaired) electrons. The zero-order valence-corrected chi connectivity index (χ0v) is 11.1. The summed E-state index contributed by atoms with van der Waals surface area (Å²) >= 11 is 0. The Hall–Kier alpha value is -2.17. The molecular formula is C15H14F2N2O. The monoisotopic (exact) mass is 276 g/mol. The zero-order chi connectivity index (χ0) is 14.1. The van der Waals surface area contributed by atoms with E-state index < -0.39 is 11.6 Å².